The first-order chi connectivity index (χ1) is 13.9. The van der Waals surface area contributed by atoms with Gasteiger partial charge in [0.1, 0.15) is 5.75 Å². The Morgan fingerprint density at radius 2 is 2.03 bits per heavy atom. The number of benzene rings is 1. The second-order valence-electron chi connectivity index (χ2n) is 8.87. The summed E-state index contributed by atoms with van der Waals surface area (Å²) in [5.74, 6) is -0.905. The van der Waals surface area contributed by atoms with Crippen molar-refractivity contribution in [2.75, 3.05) is 13.1 Å². The predicted molar refractivity (Wildman–Crippen MR) is 108 cm³/mol. The molecule has 2 bridgehead atoms. The first kappa shape index (κ1) is 20.0. The quantitative estimate of drug-likeness (QED) is 0.609. The highest BCUT2D eigenvalue weighted by Gasteiger charge is 2.48. The van der Waals surface area contributed by atoms with Crippen LogP contribution >= 0.6 is 0 Å². The topological polar surface area (TPSA) is 98.1 Å². The third-order valence-electron chi connectivity index (χ3n) is 6.89. The average molecular weight is 399 g/mol. The molecule has 0 amide bonds. The van der Waals surface area contributed by atoms with Gasteiger partial charge in [0.2, 0.25) is 0 Å². The molecule has 0 aromatic heterocycles. The highest BCUT2D eigenvalue weighted by molar-refractivity contribution is 5.82. The van der Waals surface area contributed by atoms with Crippen LogP contribution in [0.2, 0.25) is 0 Å². The lowest BCUT2D eigenvalue weighted by molar-refractivity contribution is -0.137. The SMILES string of the molecule is O=C(O)C=C1C2Cc3ccc(O)cc3C1(CCCC(=O)O)CCCN2CC1CC1. The molecular formula is C23H29NO5. The summed E-state index contributed by atoms with van der Waals surface area (Å²) in [6, 6.07) is 5.46. The fourth-order valence-electron chi connectivity index (χ4n) is 5.49. The fraction of sp³-hybridized carbons (Fsp3) is 0.565. The first-order valence-electron chi connectivity index (χ1n) is 10.6. The summed E-state index contributed by atoms with van der Waals surface area (Å²) in [4.78, 5) is 25.4. The number of fused-ring (bicyclic) bond motifs is 4. The lowest BCUT2D eigenvalue weighted by Gasteiger charge is -2.46. The van der Waals surface area contributed by atoms with E-state index in [1.54, 1.807) is 12.1 Å². The normalized spacial score (nSPS) is 28.0. The number of likely N-dealkylation sites (tertiary alicyclic amines) is 1. The number of phenolic OH excluding ortho intramolecular Hbond substituents is 1. The third-order valence-corrected chi connectivity index (χ3v) is 6.89. The van der Waals surface area contributed by atoms with E-state index in [9.17, 15) is 19.8 Å². The van der Waals surface area contributed by atoms with Crippen LogP contribution in [0.3, 0.4) is 0 Å². The van der Waals surface area contributed by atoms with Crippen LogP contribution in [0.4, 0.5) is 0 Å². The Bertz CT molecular complexity index is 844. The molecule has 1 aliphatic heterocycles. The van der Waals surface area contributed by atoms with Gasteiger partial charge in [-0.15, -0.1) is 0 Å². The van der Waals surface area contributed by atoms with E-state index in [0.29, 0.717) is 18.8 Å². The van der Waals surface area contributed by atoms with E-state index in [1.165, 1.54) is 18.9 Å². The number of hydrogen-bond donors (Lipinski definition) is 3. The summed E-state index contributed by atoms with van der Waals surface area (Å²) < 4.78 is 0. The largest absolute Gasteiger partial charge is 0.508 e. The van der Waals surface area contributed by atoms with Crippen LogP contribution in [0.15, 0.2) is 29.8 Å². The molecule has 2 unspecified atom stereocenters. The Morgan fingerprint density at radius 3 is 2.72 bits per heavy atom. The van der Waals surface area contributed by atoms with Crippen LogP contribution in [-0.4, -0.2) is 51.3 Å². The lowest BCUT2D eigenvalue weighted by Crippen LogP contribution is -2.47. The van der Waals surface area contributed by atoms with Crippen molar-refractivity contribution in [3.05, 3.63) is 41.0 Å². The van der Waals surface area contributed by atoms with E-state index in [4.69, 9.17) is 5.11 Å². The van der Waals surface area contributed by atoms with Gasteiger partial charge in [-0.3, -0.25) is 9.69 Å². The summed E-state index contributed by atoms with van der Waals surface area (Å²) in [7, 11) is 0. The number of carboxylic acids is 2. The Kier molecular flexibility index (Phi) is 5.38. The lowest BCUT2D eigenvalue weighted by atomic mass is 9.61. The van der Waals surface area contributed by atoms with Gasteiger partial charge in [-0.05, 0) is 86.2 Å². The number of aliphatic carboxylic acids is 2. The van der Waals surface area contributed by atoms with E-state index in [-0.39, 0.29) is 18.2 Å². The summed E-state index contributed by atoms with van der Waals surface area (Å²) in [5.41, 5.74) is 2.50. The van der Waals surface area contributed by atoms with Crippen molar-refractivity contribution < 1.29 is 24.9 Å². The maximum Gasteiger partial charge on any atom is 0.328 e. The first-order valence-corrected chi connectivity index (χ1v) is 10.6. The molecule has 2 fully saturated rings. The number of rotatable bonds is 7. The molecule has 4 rings (SSSR count). The zero-order chi connectivity index (χ0) is 20.6. The minimum Gasteiger partial charge on any atom is -0.508 e. The molecule has 0 spiro atoms. The maximum absolute atomic E-state index is 11.8. The number of carbonyl (C=O) groups is 2. The Labute approximate surface area is 170 Å². The molecule has 3 N–H and O–H groups in total. The van der Waals surface area contributed by atoms with Crippen LogP contribution in [0.5, 0.6) is 5.75 Å². The molecule has 1 saturated heterocycles. The van der Waals surface area contributed by atoms with Gasteiger partial charge in [0, 0.05) is 30.5 Å². The Balaban J connectivity index is 1.82. The molecule has 2 atom stereocenters. The number of nitrogens with zero attached hydrogens (tertiary/aromatic N) is 1. The van der Waals surface area contributed by atoms with Gasteiger partial charge in [0.25, 0.3) is 0 Å². The van der Waals surface area contributed by atoms with Crippen molar-refractivity contribution in [2.24, 2.45) is 5.92 Å². The highest BCUT2D eigenvalue weighted by Crippen LogP contribution is 2.52. The van der Waals surface area contributed by atoms with E-state index in [2.05, 4.69) is 4.90 Å². The molecule has 156 valence electrons. The van der Waals surface area contributed by atoms with Crippen molar-refractivity contribution in [3.8, 4) is 5.75 Å². The number of phenols is 1. The van der Waals surface area contributed by atoms with Gasteiger partial charge in [-0.2, -0.15) is 0 Å². The minimum atomic E-state index is -0.954. The molecule has 0 radical (unpaired) electrons. The van der Waals surface area contributed by atoms with Crippen molar-refractivity contribution in [3.63, 3.8) is 0 Å². The molecule has 6 nitrogen and oxygen atoms in total. The van der Waals surface area contributed by atoms with Gasteiger partial charge in [0.15, 0.2) is 0 Å². The molecule has 6 heteroatoms. The minimum absolute atomic E-state index is 0.0241. The highest BCUT2D eigenvalue weighted by atomic mass is 16.4. The van der Waals surface area contributed by atoms with Crippen molar-refractivity contribution in [2.45, 2.75) is 62.8 Å². The van der Waals surface area contributed by atoms with Crippen molar-refractivity contribution >= 4 is 11.9 Å². The van der Waals surface area contributed by atoms with Crippen molar-refractivity contribution in [1.29, 1.82) is 0 Å². The molecule has 1 aromatic rings. The molecule has 2 aliphatic carbocycles. The molecular weight excluding hydrogens is 370 g/mol. The van der Waals surface area contributed by atoms with Crippen LogP contribution in [0.25, 0.3) is 0 Å². The third kappa shape index (κ3) is 4.04. The number of aromatic hydroxyl groups is 1. The van der Waals surface area contributed by atoms with Gasteiger partial charge in [-0.25, -0.2) is 4.79 Å². The Morgan fingerprint density at radius 1 is 1.24 bits per heavy atom. The van der Waals surface area contributed by atoms with Crippen LogP contribution < -0.4 is 0 Å². The van der Waals surface area contributed by atoms with Gasteiger partial charge >= 0.3 is 11.9 Å². The maximum atomic E-state index is 11.8. The van der Waals surface area contributed by atoms with Crippen LogP contribution in [0, 0.1) is 5.92 Å². The standard InChI is InChI=1S/C23H29NO5/c25-17-7-6-16-11-20-19(13-22(28)29)23(18(16)12-17,8-1-3-21(26)27)9-2-10-24(20)14-15-4-5-15/h6-7,12-13,15,20,25H,1-5,8-11,14H2,(H,26,27)(H,28,29). The van der Waals surface area contributed by atoms with Crippen molar-refractivity contribution in [1.82, 2.24) is 4.90 Å². The van der Waals surface area contributed by atoms with E-state index in [1.807, 2.05) is 6.07 Å². The summed E-state index contributed by atoms with van der Waals surface area (Å²) >= 11 is 0. The number of hydrogen-bond acceptors (Lipinski definition) is 4. The molecule has 1 heterocycles. The van der Waals surface area contributed by atoms with Gasteiger partial charge < -0.3 is 15.3 Å². The Hall–Kier alpha value is -2.34. The average Bonchev–Trinajstić information content (AvgIpc) is 3.47. The predicted octanol–water partition coefficient (Wildman–Crippen LogP) is 3.33. The van der Waals surface area contributed by atoms with E-state index in [0.717, 1.165) is 49.1 Å². The molecule has 3 aliphatic rings. The van der Waals surface area contributed by atoms with E-state index >= 15 is 0 Å². The summed E-state index contributed by atoms with van der Waals surface area (Å²) in [6.07, 6.45) is 7.45. The number of carboxylic acid groups (broad SMARTS) is 2. The van der Waals surface area contributed by atoms with Crippen LogP contribution in [-0.2, 0) is 21.4 Å². The monoisotopic (exact) mass is 399 g/mol. The second kappa shape index (κ2) is 7.82. The van der Waals surface area contributed by atoms with Gasteiger partial charge in [-0.1, -0.05) is 6.07 Å². The van der Waals surface area contributed by atoms with E-state index < -0.39 is 17.4 Å². The molecule has 1 saturated carbocycles. The zero-order valence-corrected chi connectivity index (χ0v) is 16.6. The molecule has 29 heavy (non-hydrogen) atoms. The second-order valence-corrected chi connectivity index (χ2v) is 8.87. The van der Waals surface area contributed by atoms with Crippen LogP contribution in [0.1, 0.15) is 56.1 Å². The summed E-state index contributed by atoms with van der Waals surface area (Å²) in [5, 5.41) is 29.0. The fourth-order valence-corrected chi connectivity index (χ4v) is 5.49. The zero-order valence-electron chi connectivity index (χ0n) is 16.6. The smallest absolute Gasteiger partial charge is 0.328 e. The summed E-state index contributed by atoms with van der Waals surface area (Å²) in [6.45, 7) is 1.93. The van der Waals surface area contributed by atoms with Gasteiger partial charge in [0.05, 0.1) is 0 Å². The molecule has 1 aromatic carbocycles.